The van der Waals surface area contributed by atoms with Crippen LogP contribution in [0.15, 0.2) is 54.6 Å². The number of nitrogens with two attached hydrogens (primary N) is 2. The summed E-state index contributed by atoms with van der Waals surface area (Å²) >= 11 is 0. The third-order valence-corrected chi connectivity index (χ3v) is 3.68. The Labute approximate surface area is 126 Å². The lowest BCUT2D eigenvalue weighted by molar-refractivity contribution is 0.306. The van der Waals surface area contributed by atoms with Crippen molar-refractivity contribution in [3.63, 3.8) is 0 Å². The lowest BCUT2D eigenvalue weighted by Crippen LogP contribution is -2.23. The molecule has 0 aromatic heterocycles. The normalized spacial score (nSPS) is 10.8. The van der Waals surface area contributed by atoms with Crippen molar-refractivity contribution in [1.29, 1.82) is 0 Å². The van der Waals surface area contributed by atoms with Crippen LogP contribution in [-0.4, -0.2) is 13.1 Å². The minimum atomic E-state index is 0.416. The van der Waals surface area contributed by atoms with Crippen LogP contribution in [-0.2, 0) is 13.0 Å². The molecule has 0 fully saturated rings. The van der Waals surface area contributed by atoms with Gasteiger partial charge in [-0.25, -0.2) is 0 Å². The van der Waals surface area contributed by atoms with E-state index in [0.29, 0.717) is 25.6 Å². The lowest BCUT2D eigenvalue weighted by atomic mass is 10.00. The van der Waals surface area contributed by atoms with Crippen LogP contribution in [0.3, 0.4) is 0 Å². The van der Waals surface area contributed by atoms with Gasteiger partial charge in [0.15, 0.2) is 0 Å². The highest BCUT2D eigenvalue weighted by Crippen LogP contribution is 2.16. The second-order valence-electron chi connectivity index (χ2n) is 5.29. The van der Waals surface area contributed by atoms with E-state index >= 15 is 0 Å². The van der Waals surface area contributed by atoms with Crippen molar-refractivity contribution < 1.29 is 4.74 Å². The van der Waals surface area contributed by atoms with E-state index in [1.165, 1.54) is 11.1 Å². The number of hydrogen-bond donors (Lipinski definition) is 2. The molecule has 0 aliphatic carbocycles. The minimum Gasteiger partial charge on any atom is -0.489 e. The Morgan fingerprint density at radius 2 is 1.48 bits per heavy atom. The molecule has 4 N–H and O–H groups in total. The summed E-state index contributed by atoms with van der Waals surface area (Å²) < 4.78 is 5.77. The zero-order valence-electron chi connectivity index (χ0n) is 12.4. The van der Waals surface area contributed by atoms with E-state index in [9.17, 15) is 0 Å². The van der Waals surface area contributed by atoms with E-state index in [2.05, 4.69) is 24.3 Å². The summed E-state index contributed by atoms with van der Waals surface area (Å²) in [5, 5.41) is 0. The Hall–Kier alpha value is -1.84. The molecule has 0 bridgehead atoms. The molecule has 0 radical (unpaired) electrons. The number of benzene rings is 2. The van der Waals surface area contributed by atoms with Gasteiger partial charge in [-0.2, -0.15) is 0 Å². The first-order valence-electron chi connectivity index (χ1n) is 7.47. The summed E-state index contributed by atoms with van der Waals surface area (Å²) in [7, 11) is 0. The third kappa shape index (κ3) is 5.21. The fourth-order valence-electron chi connectivity index (χ4n) is 2.20. The van der Waals surface area contributed by atoms with Gasteiger partial charge in [0.25, 0.3) is 0 Å². The fourth-order valence-corrected chi connectivity index (χ4v) is 2.20. The van der Waals surface area contributed by atoms with Gasteiger partial charge in [0.1, 0.15) is 12.4 Å². The highest BCUT2D eigenvalue weighted by Gasteiger charge is 2.04. The first kappa shape index (κ1) is 15.5. The Morgan fingerprint density at radius 3 is 2.10 bits per heavy atom. The van der Waals surface area contributed by atoms with E-state index in [1.54, 1.807) is 0 Å². The van der Waals surface area contributed by atoms with Crippen molar-refractivity contribution in [2.75, 3.05) is 13.1 Å². The predicted octanol–water partition coefficient (Wildman–Crippen LogP) is 2.73. The molecule has 0 heterocycles. The molecule has 0 spiro atoms. The first-order valence-corrected chi connectivity index (χ1v) is 7.47. The molecule has 112 valence electrons. The van der Waals surface area contributed by atoms with E-state index in [0.717, 1.165) is 18.6 Å². The summed E-state index contributed by atoms with van der Waals surface area (Å²) in [6.45, 7) is 1.92. The van der Waals surface area contributed by atoms with Crippen molar-refractivity contribution >= 4 is 0 Å². The Kier molecular flexibility index (Phi) is 6.25. The monoisotopic (exact) mass is 284 g/mol. The van der Waals surface area contributed by atoms with Crippen LogP contribution < -0.4 is 16.2 Å². The van der Waals surface area contributed by atoms with Crippen molar-refractivity contribution in [2.24, 2.45) is 17.4 Å². The molecule has 3 nitrogen and oxygen atoms in total. The smallest absolute Gasteiger partial charge is 0.119 e. The van der Waals surface area contributed by atoms with Gasteiger partial charge in [0.2, 0.25) is 0 Å². The Balaban J connectivity index is 1.81. The van der Waals surface area contributed by atoms with Gasteiger partial charge in [0.05, 0.1) is 0 Å². The fraction of sp³-hybridized carbons (Fsp3) is 0.333. The maximum Gasteiger partial charge on any atom is 0.119 e. The van der Waals surface area contributed by atoms with Crippen molar-refractivity contribution in [2.45, 2.75) is 19.4 Å². The van der Waals surface area contributed by atoms with E-state index in [1.807, 2.05) is 30.3 Å². The van der Waals surface area contributed by atoms with Crippen LogP contribution in [0.1, 0.15) is 17.5 Å². The van der Waals surface area contributed by atoms with Crippen LogP contribution in [0.4, 0.5) is 0 Å². The third-order valence-electron chi connectivity index (χ3n) is 3.68. The summed E-state index contributed by atoms with van der Waals surface area (Å²) in [5.41, 5.74) is 13.8. The van der Waals surface area contributed by atoms with Crippen molar-refractivity contribution in [3.05, 3.63) is 65.7 Å². The molecule has 0 saturated carbocycles. The molecule has 0 aliphatic rings. The highest BCUT2D eigenvalue weighted by atomic mass is 16.5. The molecule has 3 heteroatoms. The quantitative estimate of drug-likeness (QED) is 0.783. The van der Waals surface area contributed by atoms with Gasteiger partial charge in [-0.15, -0.1) is 0 Å². The molecule has 2 rings (SSSR count). The SMILES string of the molecule is NCC(CN)CCc1ccc(OCc2ccccc2)cc1. The molecule has 0 unspecified atom stereocenters. The van der Waals surface area contributed by atoms with Crippen LogP contribution in [0.5, 0.6) is 5.75 Å². The molecule has 0 saturated heterocycles. The average Bonchev–Trinajstić information content (AvgIpc) is 2.56. The summed E-state index contributed by atoms with van der Waals surface area (Å²) in [4.78, 5) is 0. The number of aryl methyl sites for hydroxylation is 1. The largest absolute Gasteiger partial charge is 0.489 e. The molecule has 0 atom stereocenters. The highest BCUT2D eigenvalue weighted by molar-refractivity contribution is 5.28. The minimum absolute atomic E-state index is 0.416. The maximum atomic E-state index is 5.77. The zero-order chi connectivity index (χ0) is 14.9. The lowest BCUT2D eigenvalue weighted by Gasteiger charge is -2.12. The van der Waals surface area contributed by atoms with Crippen molar-refractivity contribution in [3.8, 4) is 5.75 Å². The molecule has 2 aromatic carbocycles. The van der Waals surface area contributed by atoms with E-state index < -0.39 is 0 Å². The van der Waals surface area contributed by atoms with Crippen LogP contribution in [0.25, 0.3) is 0 Å². The Morgan fingerprint density at radius 1 is 0.810 bits per heavy atom. The van der Waals surface area contributed by atoms with E-state index in [-0.39, 0.29) is 0 Å². The predicted molar refractivity (Wildman–Crippen MR) is 87.1 cm³/mol. The second-order valence-corrected chi connectivity index (χ2v) is 5.29. The summed E-state index contributed by atoms with van der Waals surface area (Å²) in [6.07, 6.45) is 2.05. The number of hydrogen-bond acceptors (Lipinski definition) is 3. The average molecular weight is 284 g/mol. The molecule has 0 aliphatic heterocycles. The van der Waals surface area contributed by atoms with Crippen LogP contribution in [0, 0.1) is 5.92 Å². The molecule has 2 aromatic rings. The van der Waals surface area contributed by atoms with Gasteiger partial charge in [-0.3, -0.25) is 0 Å². The molecule has 0 amide bonds. The number of rotatable bonds is 8. The summed E-state index contributed by atoms with van der Waals surface area (Å²) in [5.74, 6) is 1.32. The molecule has 21 heavy (non-hydrogen) atoms. The standard InChI is InChI=1S/C18H24N2O/c19-12-17(13-20)7-6-15-8-10-18(11-9-15)21-14-16-4-2-1-3-5-16/h1-5,8-11,17H,6-7,12-14,19-20H2. The maximum absolute atomic E-state index is 5.77. The summed E-state index contributed by atoms with van der Waals surface area (Å²) in [6, 6.07) is 18.5. The molecular formula is C18H24N2O. The number of ether oxygens (including phenoxy) is 1. The Bertz CT molecular complexity index is 507. The van der Waals surface area contributed by atoms with Gasteiger partial charge in [0, 0.05) is 0 Å². The van der Waals surface area contributed by atoms with Crippen LogP contribution >= 0.6 is 0 Å². The van der Waals surface area contributed by atoms with E-state index in [4.69, 9.17) is 16.2 Å². The van der Waals surface area contributed by atoms with Gasteiger partial charge < -0.3 is 16.2 Å². The van der Waals surface area contributed by atoms with Gasteiger partial charge in [-0.05, 0) is 55.1 Å². The van der Waals surface area contributed by atoms with Crippen LogP contribution in [0.2, 0.25) is 0 Å². The first-order chi connectivity index (χ1) is 10.3. The topological polar surface area (TPSA) is 61.3 Å². The van der Waals surface area contributed by atoms with Gasteiger partial charge >= 0.3 is 0 Å². The second kappa shape index (κ2) is 8.45. The van der Waals surface area contributed by atoms with Gasteiger partial charge in [-0.1, -0.05) is 42.5 Å². The zero-order valence-corrected chi connectivity index (χ0v) is 12.4. The molecular weight excluding hydrogens is 260 g/mol. The van der Waals surface area contributed by atoms with Crippen molar-refractivity contribution in [1.82, 2.24) is 0 Å².